The Balaban J connectivity index is 0.000000171. The molecule has 0 bridgehead atoms. The van der Waals surface area contributed by atoms with E-state index in [1.165, 1.54) is 125 Å². The normalized spacial score (nSPS) is 16.9. The highest BCUT2D eigenvalue weighted by Gasteiger charge is 2.47. The van der Waals surface area contributed by atoms with Crippen molar-refractivity contribution in [2.24, 2.45) is 0 Å². The van der Waals surface area contributed by atoms with Gasteiger partial charge in [-0.15, -0.1) is 0 Å². The number of carbonyl (C=O) groups is 5. The maximum absolute atomic E-state index is 13.1. The summed E-state index contributed by atoms with van der Waals surface area (Å²) >= 11 is 0. The Morgan fingerprint density at radius 1 is 0.239 bits per heavy atom. The lowest BCUT2D eigenvalue weighted by Gasteiger charge is -2.27. The summed E-state index contributed by atoms with van der Waals surface area (Å²) in [5.41, 5.74) is 29.2. The Morgan fingerprint density at radius 3 is 0.754 bits per heavy atom. The third kappa shape index (κ3) is 26.1. The summed E-state index contributed by atoms with van der Waals surface area (Å²) in [4.78, 5) is 64.6. The summed E-state index contributed by atoms with van der Waals surface area (Å²) in [6, 6.07) is 61.7. The van der Waals surface area contributed by atoms with E-state index in [2.05, 4.69) is 416 Å². The van der Waals surface area contributed by atoms with Crippen LogP contribution in [0.3, 0.4) is 0 Å². The molecular weight excluding hydrogens is 1750 g/mol. The van der Waals surface area contributed by atoms with Crippen molar-refractivity contribution in [2.45, 2.75) is 436 Å². The van der Waals surface area contributed by atoms with Crippen molar-refractivity contribution in [1.29, 1.82) is 0 Å². The Hall–Kier alpha value is -10.5. The maximum Gasteiger partial charge on any atom is 0.323 e. The zero-order valence-electron chi connectivity index (χ0n) is 94.6. The van der Waals surface area contributed by atoms with Gasteiger partial charge in [-0.2, -0.15) is 0 Å². The van der Waals surface area contributed by atoms with Crippen molar-refractivity contribution in [2.75, 3.05) is 0 Å². The number of ether oxygens (including phenoxy) is 5. The number of unbranched alkanes of at least 4 members (excludes halogenated alkanes) is 9. The van der Waals surface area contributed by atoms with Gasteiger partial charge in [0, 0.05) is 55.6 Å². The standard InChI is InChI=1S/C34H50O2.C26H34O2.2C25H32O2.C22H26O2/c1-8-9-10-11-12-13-14-15-16-17-18-25-19-21-26(22-20-25)30-28-23-27(33(2,3)4)24-29(34(5,6)7)31(28)36-32(30)35;1-24(2,3)17-12-10-16(11-13-17)21-19-14-18(25(4,5)6)15-20(26(7,8)9)22(19)28-23(21)27;1-14-10-11-18(16(3)15(14)2)21-19-12-17(24(4,5)6)13-20(25(7,8)9)22(19)27-23(21)26;1-15(2)16-9-11-17(12-10-16)21-19-13-18(24(3,4)5)14-20(25(6,7)8)22(19)27-23(21)26;1-21(2,3)15-12-16-18(14-10-8-7-9-11-14)20(23)24-19(16)17(13-15)22(4,5)6/h19-24,30H,8-18H2,1-7H3;10-15,21H,1-9H3;10-13,21H,1-9H3;9-15,21H,1-8H3;7-13,18H,1-6H3. The highest BCUT2D eigenvalue weighted by atomic mass is 16.6. The molecule has 0 saturated carbocycles. The van der Waals surface area contributed by atoms with Gasteiger partial charge in [-0.25, -0.2) is 0 Å². The molecule has 142 heavy (non-hydrogen) atoms. The van der Waals surface area contributed by atoms with Crippen LogP contribution in [0.15, 0.2) is 176 Å². The molecule has 5 heterocycles. The number of benzene rings is 10. The van der Waals surface area contributed by atoms with Gasteiger partial charge in [0.25, 0.3) is 0 Å². The first-order valence-electron chi connectivity index (χ1n) is 53.0. The van der Waals surface area contributed by atoms with E-state index in [9.17, 15) is 24.0 Å². The third-order valence-corrected chi connectivity index (χ3v) is 29.4. The Morgan fingerprint density at radius 2 is 0.486 bits per heavy atom. The molecule has 15 rings (SSSR count). The van der Waals surface area contributed by atoms with Crippen LogP contribution in [0.1, 0.15) is 494 Å². The Bertz CT molecular complexity index is 6200. The van der Waals surface area contributed by atoms with Gasteiger partial charge in [0.2, 0.25) is 0 Å². The minimum Gasteiger partial charge on any atom is -0.425 e. The molecule has 5 unspecified atom stereocenters. The van der Waals surface area contributed by atoms with E-state index in [1.54, 1.807) is 0 Å². The molecule has 762 valence electrons. The van der Waals surface area contributed by atoms with Crippen molar-refractivity contribution in [3.05, 3.63) is 321 Å². The van der Waals surface area contributed by atoms with Gasteiger partial charge in [-0.3, -0.25) is 24.0 Å². The molecule has 0 fully saturated rings. The van der Waals surface area contributed by atoms with E-state index in [0.29, 0.717) is 5.92 Å². The molecule has 0 radical (unpaired) electrons. The second-order valence-electron chi connectivity index (χ2n) is 53.0. The van der Waals surface area contributed by atoms with Crippen LogP contribution in [-0.4, -0.2) is 29.8 Å². The summed E-state index contributed by atoms with van der Waals surface area (Å²) in [5.74, 6) is 1.77. The number of carbonyl (C=O) groups excluding carboxylic acids is 5. The van der Waals surface area contributed by atoms with Crippen LogP contribution in [0.4, 0.5) is 0 Å². The van der Waals surface area contributed by atoms with Crippen molar-refractivity contribution >= 4 is 29.8 Å². The van der Waals surface area contributed by atoms with Gasteiger partial charge in [-0.05, 0) is 188 Å². The average molecular weight is 1920 g/mol. The Kier molecular flexibility index (Phi) is 33.6. The molecule has 5 aliphatic rings. The van der Waals surface area contributed by atoms with Crippen molar-refractivity contribution in [3.8, 4) is 28.7 Å². The molecule has 10 heteroatoms. The topological polar surface area (TPSA) is 132 Å². The molecule has 0 N–H and O–H groups in total. The minimum atomic E-state index is -0.354. The summed E-state index contributed by atoms with van der Waals surface area (Å²) < 4.78 is 29.3. The summed E-state index contributed by atoms with van der Waals surface area (Å²) in [5, 5.41) is 0. The molecule has 0 amide bonds. The van der Waals surface area contributed by atoms with E-state index < -0.39 is 0 Å². The van der Waals surface area contributed by atoms with Gasteiger partial charge in [-0.1, -0.05) is 483 Å². The lowest BCUT2D eigenvalue weighted by molar-refractivity contribution is -0.134. The first-order chi connectivity index (χ1) is 65.5. The predicted octanol–water partition coefficient (Wildman–Crippen LogP) is 34.5. The smallest absolute Gasteiger partial charge is 0.323 e. The van der Waals surface area contributed by atoms with Gasteiger partial charge >= 0.3 is 29.8 Å². The quantitative estimate of drug-likeness (QED) is 0.0493. The van der Waals surface area contributed by atoms with E-state index >= 15 is 0 Å². The van der Waals surface area contributed by atoms with Gasteiger partial charge in [0.05, 0.1) is 0 Å². The molecule has 0 saturated heterocycles. The lowest BCUT2D eigenvalue weighted by atomic mass is 9.76. The second kappa shape index (κ2) is 42.7. The van der Waals surface area contributed by atoms with E-state index in [-0.39, 0.29) is 119 Å². The van der Waals surface area contributed by atoms with Crippen LogP contribution in [-0.2, 0) is 90.0 Å². The number of fused-ring (bicyclic) bond motifs is 5. The SMILES string of the molecule is CC(C)(C)c1cc2c(c(C(C)(C)C)c1)OC(=O)C2c1ccccc1.CC(C)(C)c1ccc(C2C(=O)Oc3c2cc(C(C)(C)C)cc3C(C)(C)C)cc1.CC(C)c1ccc(C2C(=O)Oc3c2cc(C(C)(C)C)cc3C(C)(C)C)cc1.CCCCCCCCCCCCc1ccc(C2C(=O)Oc3c2cc(C(C)(C)C)cc3C(C)(C)C)cc1.Cc1ccc(C2C(=O)Oc3c2cc(C(C)(C)C)cc3C(C)(C)C)c(C)c1C. The van der Waals surface area contributed by atoms with Gasteiger partial charge in [0.1, 0.15) is 58.3 Å². The summed E-state index contributed by atoms with van der Waals surface area (Å²) in [6.07, 6.45) is 14.7. The number of aryl methyl sites for hydroxylation is 2. The largest absolute Gasteiger partial charge is 0.425 e. The summed E-state index contributed by atoms with van der Waals surface area (Å²) in [7, 11) is 0. The third-order valence-electron chi connectivity index (χ3n) is 29.4. The molecule has 0 aromatic heterocycles. The van der Waals surface area contributed by atoms with Crippen LogP contribution in [0.25, 0.3) is 0 Å². The van der Waals surface area contributed by atoms with Crippen molar-refractivity contribution in [1.82, 2.24) is 0 Å². The highest BCUT2D eigenvalue weighted by molar-refractivity contribution is 5.94. The van der Waals surface area contributed by atoms with Crippen LogP contribution < -0.4 is 23.7 Å². The minimum absolute atomic E-state index is 0.00130. The first-order valence-corrected chi connectivity index (χ1v) is 53.0. The van der Waals surface area contributed by atoms with E-state index in [4.69, 9.17) is 23.7 Å². The Labute approximate surface area is 857 Å². The summed E-state index contributed by atoms with van der Waals surface area (Å²) in [6.45, 7) is 85.5. The maximum atomic E-state index is 13.1. The predicted molar refractivity (Wildman–Crippen MR) is 591 cm³/mol. The first kappa shape index (κ1) is 112. The molecular formula is C132H174O10. The second-order valence-corrected chi connectivity index (χ2v) is 53.0. The zero-order valence-corrected chi connectivity index (χ0v) is 94.6. The van der Waals surface area contributed by atoms with Crippen molar-refractivity contribution < 1.29 is 47.7 Å². The van der Waals surface area contributed by atoms with Crippen LogP contribution >= 0.6 is 0 Å². The lowest BCUT2D eigenvalue weighted by Crippen LogP contribution is -2.17. The molecule has 10 aromatic carbocycles. The van der Waals surface area contributed by atoms with Crippen LogP contribution in [0.2, 0.25) is 0 Å². The molecule has 10 nitrogen and oxygen atoms in total. The molecule has 0 aliphatic carbocycles. The molecule has 0 spiro atoms. The molecule has 10 aromatic rings. The zero-order chi connectivity index (χ0) is 106. The number of hydrogen-bond donors (Lipinski definition) is 0. The van der Waals surface area contributed by atoms with Gasteiger partial charge in [0.15, 0.2) is 0 Å². The number of hydrogen-bond acceptors (Lipinski definition) is 10. The molecule has 5 atom stereocenters. The fourth-order valence-electron chi connectivity index (χ4n) is 19.7. The van der Waals surface area contributed by atoms with Crippen LogP contribution in [0, 0.1) is 20.8 Å². The fourth-order valence-corrected chi connectivity index (χ4v) is 19.7. The number of esters is 5. The highest BCUT2D eigenvalue weighted by Crippen LogP contribution is 2.55. The van der Waals surface area contributed by atoms with E-state index in [1.807, 2.05) is 30.3 Å². The average Bonchev–Trinajstić information content (AvgIpc) is 1.63. The van der Waals surface area contributed by atoms with Gasteiger partial charge < -0.3 is 23.7 Å². The number of rotatable bonds is 17. The van der Waals surface area contributed by atoms with Crippen molar-refractivity contribution in [3.63, 3.8) is 0 Å². The molecule has 5 aliphatic heterocycles. The monoisotopic (exact) mass is 1920 g/mol. The van der Waals surface area contributed by atoms with E-state index in [0.717, 1.165) is 119 Å². The van der Waals surface area contributed by atoms with Crippen LogP contribution in [0.5, 0.6) is 28.7 Å². The fraction of sp³-hybridized carbons (Fsp3) is 0.508.